The Labute approximate surface area is 122 Å². The molecule has 0 unspecified atom stereocenters. The summed E-state index contributed by atoms with van der Waals surface area (Å²) in [5.74, 6) is 6.21. The molecule has 0 amide bonds. The molecular formula is C16H23O3P. The van der Waals surface area contributed by atoms with Crippen molar-refractivity contribution in [2.45, 2.75) is 40.0 Å². The quantitative estimate of drug-likeness (QED) is 0.431. The Bertz CT molecular complexity index is 504. The maximum absolute atomic E-state index is 12.8. The van der Waals surface area contributed by atoms with Crippen molar-refractivity contribution in [3.63, 3.8) is 0 Å². The summed E-state index contributed by atoms with van der Waals surface area (Å²) in [7, 11) is -3.27. The molecule has 0 heterocycles. The molecule has 4 heteroatoms. The van der Waals surface area contributed by atoms with Crippen LogP contribution in [-0.2, 0) is 13.6 Å². The monoisotopic (exact) mass is 294 g/mol. The Morgan fingerprint density at radius 3 is 2.35 bits per heavy atom. The fraction of sp³-hybridized carbons (Fsp3) is 0.500. The van der Waals surface area contributed by atoms with Crippen LogP contribution < -0.4 is 5.30 Å². The molecule has 0 aromatic heterocycles. The Balaban J connectivity index is 3.08. The van der Waals surface area contributed by atoms with E-state index in [9.17, 15) is 4.57 Å². The lowest BCUT2D eigenvalue weighted by atomic mass is 10.2. The molecule has 0 aliphatic heterocycles. The number of unbranched alkanes of at least 4 members (excludes halogenated alkanes) is 2. The molecule has 0 fully saturated rings. The van der Waals surface area contributed by atoms with Gasteiger partial charge in [-0.25, -0.2) is 0 Å². The Kier molecular flexibility index (Phi) is 7.62. The first kappa shape index (κ1) is 17.0. The predicted molar refractivity (Wildman–Crippen MR) is 83.3 cm³/mol. The molecule has 0 N–H and O–H groups in total. The second-order valence-electron chi connectivity index (χ2n) is 4.26. The van der Waals surface area contributed by atoms with Crippen molar-refractivity contribution in [1.82, 2.24) is 0 Å². The normalized spacial score (nSPS) is 10.9. The van der Waals surface area contributed by atoms with Gasteiger partial charge in [-0.15, -0.1) is 0 Å². The van der Waals surface area contributed by atoms with E-state index < -0.39 is 7.60 Å². The van der Waals surface area contributed by atoms with Crippen LogP contribution in [0.1, 0.15) is 45.6 Å². The number of hydrogen-bond donors (Lipinski definition) is 0. The standard InChI is InChI=1S/C16H23O3P/c1-4-7-8-9-12-15-13-10-11-14-16(15)20(17,18-5-2)19-6-3/h10-11,13-14H,4-8H2,1-3H3. The summed E-state index contributed by atoms with van der Waals surface area (Å²) in [6, 6.07) is 7.35. The van der Waals surface area contributed by atoms with Gasteiger partial charge in [0.2, 0.25) is 0 Å². The van der Waals surface area contributed by atoms with Crippen molar-refractivity contribution >= 4 is 12.9 Å². The van der Waals surface area contributed by atoms with Gasteiger partial charge in [-0.2, -0.15) is 0 Å². The molecule has 1 aromatic rings. The molecule has 3 nitrogen and oxygen atoms in total. The smallest absolute Gasteiger partial charge is 0.305 e. The highest BCUT2D eigenvalue weighted by Crippen LogP contribution is 2.47. The van der Waals surface area contributed by atoms with Gasteiger partial charge in [0.05, 0.1) is 18.5 Å². The fourth-order valence-corrected chi connectivity index (χ4v) is 3.48. The second-order valence-corrected chi connectivity index (χ2v) is 6.25. The fourth-order valence-electron chi connectivity index (χ4n) is 1.76. The Morgan fingerprint density at radius 1 is 1.10 bits per heavy atom. The predicted octanol–water partition coefficient (Wildman–Crippen LogP) is 4.12. The van der Waals surface area contributed by atoms with Crippen molar-refractivity contribution < 1.29 is 13.6 Å². The first-order valence-electron chi connectivity index (χ1n) is 7.15. The third-order valence-electron chi connectivity index (χ3n) is 2.68. The van der Waals surface area contributed by atoms with E-state index in [-0.39, 0.29) is 0 Å². The molecule has 0 radical (unpaired) electrons. The van der Waals surface area contributed by atoms with Gasteiger partial charge in [-0.05, 0) is 32.4 Å². The number of benzene rings is 1. The zero-order valence-corrected chi connectivity index (χ0v) is 13.4. The van der Waals surface area contributed by atoms with Crippen molar-refractivity contribution in [3.05, 3.63) is 29.8 Å². The lowest BCUT2D eigenvalue weighted by Gasteiger charge is -2.18. The van der Waals surface area contributed by atoms with Crippen LogP contribution in [0, 0.1) is 11.8 Å². The zero-order valence-electron chi connectivity index (χ0n) is 12.5. The first-order valence-corrected chi connectivity index (χ1v) is 8.69. The molecule has 0 spiro atoms. The van der Waals surface area contributed by atoms with E-state index in [1.807, 2.05) is 18.2 Å². The van der Waals surface area contributed by atoms with Gasteiger partial charge in [0.25, 0.3) is 0 Å². The van der Waals surface area contributed by atoms with Crippen LogP contribution in [0.3, 0.4) is 0 Å². The third kappa shape index (κ3) is 4.80. The van der Waals surface area contributed by atoms with Crippen LogP contribution in [0.15, 0.2) is 24.3 Å². The minimum Gasteiger partial charge on any atom is -0.305 e. The lowest BCUT2D eigenvalue weighted by molar-refractivity contribution is 0.230. The molecule has 0 aliphatic rings. The third-order valence-corrected chi connectivity index (χ3v) is 4.85. The molecule has 0 aliphatic carbocycles. The molecule has 110 valence electrons. The van der Waals surface area contributed by atoms with Gasteiger partial charge < -0.3 is 9.05 Å². The number of hydrogen-bond acceptors (Lipinski definition) is 3. The highest BCUT2D eigenvalue weighted by atomic mass is 31.2. The van der Waals surface area contributed by atoms with E-state index in [2.05, 4.69) is 18.8 Å². The first-order chi connectivity index (χ1) is 9.68. The van der Waals surface area contributed by atoms with Crippen molar-refractivity contribution in [3.8, 4) is 11.8 Å². The molecule has 0 saturated carbocycles. The van der Waals surface area contributed by atoms with E-state index >= 15 is 0 Å². The average molecular weight is 294 g/mol. The highest BCUT2D eigenvalue weighted by molar-refractivity contribution is 7.62. The van der Waals surface area contributed by atoms with Crippen molar-refractivity contribution in [2.75, 3.05) is 13.2 Å². The molecule has 0 bridgehead atoms. The van der Waals surface area contributed by atoms with E-state index in [1.165, 1.54) is 0 Å². The summed E-state index contributed by atoms with van der Waals surface area (Å²) in [6.07, 6.45) is 3.04. The largest absolute Gasteiger partial charge is 0.362 e. The topological polar surface area (TPSA) is 35.5 Å². The molecule has 0 atom stereocenters. The Morgan fingerprint density at radius 2 is 1.75 bits per heavy atom. The SMILES string of the molecule is CCCCC#Cc1ccccc1P(=O)(OCC)OCC. The lowest BCUT2D eigenvalue weighted by Crippen LogP contribution is -2.14. The van der Waals surface area contributed by atoms with Gasteiger partial charge in [0.15, 0.2) is 0 Å². The summed E-state index contributed by atoms with van der Waals surface area (Å²) in [4.78, 5) is 0. The van der Waals surface area contributed by atoms with Gasteiger partial charge in [-0.1, -0.05) is 37.3 Å². The molecule has 1 rings (SSSR count). The van der Waals surface area contributed by atoms with E-state index in [0.29, 0.717) is 18.5 Å². The van der Waals surface area contributed by atoms with Gasteiger partial charge >= 0.3 is 7.60 Å². The summed E-state index contributed by atoms with van der Waals surface area (Å²) in [5.41, 5.74) is 0.730. The summed E-state index contributed by atoms with van der Waals surface area (Å²) in [5, 5.41) is 0.563. The molecular weight excluding hydrogens is 271 g/mol. The van der Waals surface area contributed by atoms with Gasteiger partial charge in [0.1, 0.15) is 0 Å². The second kappa shape index (κ2) is 8.97. The molecule has 0 saturated heterocycles. The maximum Gasteiger partial charge on any atom is 0.362 e. The summed E-state index contributed by atoms with van der Waals surface area (Å²) >= 11 is 0. The van der Waals surface area contributed by atoms with E-state index in [0.717, 1.165) is 24.8 Å². The zero-order chi connectivity index (χ0) is 14.8. The van der Waals surface area contributed by atoms with Crippen LogP contribution in [0.25, 0.3) is 0 Å². The van der Waals surface area contributed by atoms with E-state index in [1.54, 1.807) is 19.9 Å². The van der Waals surface area contributed by atoms with Gasteiger partial charge in [-0.3, -0.25) is 4.57 Å². The Hall–Kier alpha value is -1.07. The van der Waals surface area contributed by atoms with Gasteiger partial charge in [0, 0.05) is 12.0 Å². The summed E-state index contributed by atoms with van der Waals surface area (Å²) in [6.45, 7) is 6.43. The minimum absolute atomic E-state index is 0.342. The summed E-state index contributed by atoms with van der Waals surface area (Å²) < 4.78 is 23.6. The van der Waals surface area contributed by atoms with Crippen LogP contribution in [0.2, 0.25) is 0 Å². The van der Waals surface area contributed by atoms with Crippen LogP contribution in [-0.4, -0.2) is 13.2 Å². The van der Waals surface area contributed by atoms with E-state index in [4.69, 9.17) is 9.05 Å². The minimum atomic E-state index is -3.27. The van der Waals surface area contributed by atoms with Crippen LogP contribution in [0.5, 0.6) is 0 Å². The van der Waals surface area contributed by atoms with Crippen LogP contribution >= 0.6 is 7.60 Å². The average Bonchev–Trinajstić information content (AvgIpc) is 2.44. The maximum atomic E-state index is 12.8. The van der Waals surface area contributed by atoms with Crippen LogP contribution in [0.4, 0.5) is 0 Å². The molecule has 1 aromatic carbocycles. The highest BCUT2D eigenvalue weighted by Gasteiger charge is 2.28. The van der Waals surface area contributed by atoms with Crippen molar-refractivity contribution in [1.29, 1.82) is 0 Å². The number of rotatable bonds is 7. The molecule has 20 heavy (non-hydrogen) atoms. The van der Waals surface area contributed by atoms with Crippen molar-refractivity contribution in [2.24, 2.45) is 0 Å².